The molecule has 1 fully saturated rings. The number of nitrogens with zero attached hydrogens (tertiary/aromatic N) is 3. The fourth-order valence-corrected chi connectivity index (χ4v) is 3.12. The minimum Gasteiger partial charge on any atom is -0.355 e. The molecule has 1 aliphatic heterocycles. The van der Waals surface area contributed by atoms with Gasteiger partial charge in [0.15, 0.2) is 0 Å². The summed E-state index contributed by atoms with van der Waals surface area (Å²) in [6, 6.07) is 10.6. The first-order valence-corrected chi connectivity index (χ1v) is 7.79. The highest BCUT2D eigenvalue weighted by molar-refractivity contribution is 6.18. The van der Waals surface area contributed by atoms with E-state index in [2.05, 4.69) is 45.1 Å². The molecule has 0 aliphatic carbocycles. The van der Waals surface area contributed by atoms with E-state index in [1.54, 1.807) is 0 Å². The van der Waals surface area contributed by atoms with Gasteiger partial charge in [-0.25, -0.2) is 4.98 Å². The van der Waals surface area contributed by atoms with Crippen molar-refractivity contribution in [1.82, 2.24) is 9.88 Å². The molecule has 4 heteroatoms. The number of benzene rings is 1. The maximum atomic E-state index is 5.85. The summed E-state index contributed by atoms with van der Waals surface area (Å²) in [5.74, 6) is 1.84. The number of aromatic nitrogens is 1. The highest BCUT2D eigenvalue weighted by Crippen LogP contribution is 2.24. The minimum absolute atomic E-state index is 0.715. The predicted octanol–water partition coefficient (Wildman–Crippen LogP) is 2.99. The highest BCUT2D eigenvalue weighted by atomic mass is 35.5. The van der Waals surface area contributed by atoms with Crippen LogP contribution < -0.4 is 4.90 Å². The summed E-state index contributed by atoms with van der Waals surface area (Å²) >= 11 is 5.85. The first kappa shape index (κ1) is 13.7. The van der Waals surface area contributed by atoms with Crippen LogP contribution in [0.3, 0.4) is 0 Å². The van der Waals surface area contributed by atoms with Crippen LogP contribution in [0.2, 0.25) is 0 Å². The van der Waals surface area contributed by atoms with Crippen LogP contribution in [-0.2, 0) is 0 Å². The van der Waals surface area contributed by atoms with Gasteiger partial charge in [0, 0.05) is 43.6 Å². The molecule has 0 spiro atoms. The third-order valence-corrected chi connectivity index (χ3v) is 4.11. The van der Waals surface area contributed by atoms with Crippen molar-refractivity contribution in [3.05, 3.63) is 36.5 Å². The molecule has 3 nitrogen and oxygen atoms in total. The molecule has 2 aromatic rings. The number of fused-ring (bicyclic) bond motifs is 1. The molecule has 20 heavy (non-hydrogen) atoms. The van der Waals surface area contributed by atoms with Crippen molar-refractivity contribution in [2.24, 2.45) is 0 Å². The smallest absolute Gasteiger partial charge is 0.136 e. The van der Waals surface area contributed by atoms with Crippen LogP contribution in [0.15, 0.2) is 36.5 Å². The SMILES string of the molecule is ClCCN1CCCN(c2nccc3ccccc23)CC1. The molecule has 2 heterocycles. The molecule has 0 unspecified atom stereocenters. The minimum atomic E-state index is 0.715. The second kappa shape index (κ2) is 6.42. The molecule has 0 N–H and O–H groups in total. The fraction of sp³-hybridized carbons (Fsp3) is 0.438. The lowest BCUT2D eigenvalue weighted by atomic mass is 10.1. The first-order valence-electron chi connectivity index (χ1n) is 7.25. The number of rotatable bonds is 3. The summed E-state index contributed by atoms with van der Waals surface area (Å²) in [5.41, 5.74) is 0. The van der Waals surface area contributed by atoms with Crippen LogP contribution in [0.5, 0.6) is 0 Å². The lowest BCUT2D eigenvalue weighted by molar-refractivity contribution is 0.311. The Hall–Kier alpha value is -1.32. The first-order chi connectivity index (χ1) is 9.88. The van der Waals surface area contributed by atoms with E-state index in [0.29, 0.717) is 5.88 Å². The molecule has 1 aromatic heterocycles. The van der Waals surface area contributed by atoms with Crippen LogP contribution in [0, 0.1) is 0 Å². The normalized spacial score (nSPS) is 17.4. The molecule has 1 aliphatic rings. The maximum Gasteiger partial charge on any atom is 0.136 e. The van der Waals surface area contributed by atoms with E-state index in [4.69, 9.17) is 11.6 Å². The van der Waals surface area contributed by atoms with Crippen LogP contribution in [0.4, 0.5) is 5.82 Å². The Balaban J connectivity index is 1.84. The average Bonchev–Trinajstić information content (AvgIpc) is 2.73. The third kappa shape index (κ3) is 2.89. The van der Waals surface area contributed by atoms with E-state index in [0.717, 1.165) is 38.5 Å². The Kier molecular flexibility index (Phi) is 4.38. The van der Waals surface area contributed by atoms with Gasteiger partial charge in [0.2, 0.25) is 0 Å². The zero-order valence-corrected chi connectivity index (χ0v) is 12.4. The largest absolute Gasteiger partial charge is 0.355 e. The van der Waals surface area contributed by atoms with Crippen molar-refractivity contribution in [3.8, 4) is 0 Å². The van der Waals surface area contributed by atoms with E-state index >= 15 is 0 Å². The van der Waals surface area contributed by atoms with Gasteiger partial charge in [0.05, 0.1) is 0 Å². The van der Waals surface area contributed by atoms with Gasteiger partial charge in [-0.15, -0.1) is 11.6 Å². The summed E-state index contributed by atoms with van der Waals surface area (Å²) in [5, 5.41) is 2.51. The molecule has 3 rings (SSSR count). The van der Waals surface area contributed by atoms with Crippen LogP contribution in [0.1, 0.15) is 6.42 Å². The van der Waals surface area contributed by atoms with Crippen molar-refractivity contribution in [1.29, 1.82) is 0 Å². The Morgan fingerprint density at radius 1 is 1.05 bits per heavy atom. The second-order valence-corrected chi connectivity index (χ2v) is 5.60. The molecule has 0 amide bonds. The van der Waals surface area contributed by atoms with E-state index < -0.39 is 0 Å². The Labute approximate surface area is 125 Å². The van der Waals surface area contributed by atoms with Gasteiger partial charge in [-0.3, -0.25) is 0 Å². The van der Waals surface area contributed by atoms with E-state index in [-0.39, 0.29) is 0 Å². The van der Waals surface area contributed by atoms with Crippen LogP contribution >= 0.6 is 11.6 Å². The molecule has 1 saturated heterocycles. The molecular weight excluding hydrogens is 270 g/mol. The molecule has 0 atom stereocenters. The molecular formula is C16H20ClN3. The van der Waals surface area contributed by atoms with Gasteiger partial charge in [-0.1, -0.05) is 24.3 Å². The van der Waals surface area contributed by atoms with Crippen molar-refractivity contribution < 1.29 is 0 Å². The van der Waals surface area contributed by atoms with E-state index in [1.165, 1.54) is 17.2 Å². The van der Waals surface area contributed by atoms with E-state index in [9.17, 15) is 0 Å². The monoisotopic (exact) mass is 289 g/mol. The zero-order chi connectivity index (χ0) is 13.8. The number of hydrogen-bond donors (Lipinski definition) is 0. The van der Waals surface area contributed by atoms with Crippen molar-refractivity contribution in [3.63, 3.8) is 0 Å². The number of pyridine rings is 1. The van der Waals surface area contributed by atoms with Gasteiger partial charge in [0.25, 0.3) is 0 Å². The molecule has 0 bridgehead atoms. The maximum absolute atomic E-state index is 5.85. The molecule has 1 aromatic carbocycles. The predicted molar refractivity (Wildman–Crippen MR) is 85.7 cm³/mol. The topological polar surface area (TPSA) is 19.4 Å². The summed E-state index contributed by atoms with van der Waals surface area (Å²) in [6.45, 7) is 5.28. The Morgan fingerprint density at radius 2 is 1.95 bits per heavy atom. The van der Waals surface area contributed by atoms with Crippen LogP contribution in [0.25, 0.3) is 10.8 Å². The number of halogens is 1. The van der Waals surface area contributed by atoms with Crippen LogP contribution in [-0.4, -0.2) is 48.5 Å². The number of hydrogen-bond acceptors (Lipinski definition) is 3. The molecule has 0 saturated carbocycles. The second-order valence-electron chi connectivity index (χ2n) is 5.23. The highest BCUT2D eigenvalue weighted by Gasteiger charge is 2.17. The lowest BCUT2D eigenvalue weighted by Crippen LogP contribution is -2.32. The summed E-state index contributed by atoms with van der Waals surface area (Å²) in [7, 11) is 0. The van der Waals surface area contributed by atoms with Gasteiger partial charge in [-0.2, -0.15) is 0 Å². The zero-order valence-electron chi connectivity index (χ0n) is 11.6. The standard InChI is InChI=1S/C16H20ClN3/c17-7-11-19-9-3-10-20(13-12-19)16-15-5-2-1-4-14(15)6-8-18-16/h1-2,4-6,8H,3,7,9-13H2. The Morgan fingerprint density at radius 3 is 2.85 bits per heavy atom. The summed E-state index contributed by atoms with van der Waals surface area (Å²) < 4.78 is 0. The number of anilines is 1. The molecule has 0 radical (unpaired) electrons. The number of alkyl halides is 1. The lowest BCUT2D eigenvalue weighted by Gasteiger charge is -2.23. The fourth-order valence-electron chi connectivity index (χ4n) is 2.88. The van der Waals surface area contributed by atoms with Crippen molar-refractivity contribution in [2.75, 3.05) is 43.5 Å². The third-order valence-electron chi connectivity index (χ3n) is 3.94. The average molecular weight is 290 g/mol. The summed E-state index contributed by atoms with van der Waals surface area (Å²) in [4.78, 5) is 9.48. The van der Waals surface area contributed by atoms with Crippen molar-refractivity contribution >= 4 is 28.2 Å². The van der Waals surface area contributed by atoms with E-state index in [1.807, 2.05) is 6.20 Å². The summed E-state index contributed by atoms with van der Waals surface area (Å²) in [6.07, 6.45) is 3.08. The van der Waals surface area contributed by atoms with Crippen molar-refractivity contribution in [2.45, 2.75) is 6.42 Å². The van der Waals surface area contributed by atoms with Gasteiger partial charge in [0.1, 0.15) is 5.82 Å². The quantitative estimate of drug-likeness (QED) is 0.810. The molecule has 106 valence electrons. The van der Waals surface area contributed by atoms with Gasteiger partial charge in [-0.05, 0) is 24.4 Å². The Bertz CT molecular complexity index is 567. The van der Waals surface area contributed by atoms with Gasteiger partial charge >= 0.3 is 0 Å². The van der Waals surface area contributed by atoms with Gasteiger partial charge < -0.3 is 9.80 Å².